The van der Waals surface area contributed by atoms with E-state index in [9.17, 15) is 18.5 Å². The zero-order chi connectivity index (χ0) is 14.8. The summed E-state index contributed by atoms with van der Waals surface area (Å²) in [6.07, 6.45) is 0. The van der Waals surface area contributed by atoms with Crippen molar-refractivity contribution < 1.29 is 13.3 Å². The standard InChI is InChI=1S/C9H11ClN2O4S4/c10-9-7(12(13)14)3-8(19-9)20(15,16)11-4-6-5-17-1-2-18-6/h3,6,11H,1-2,4-5H2. The Hall–Kier alpha value is -0.000000000000000167. The lowest BCUT2D eigenvalue weighted by atomic mass is 10.5. The van der Waals surface area contributed by atoms with E-state index in [1.54, 1.807) is 23.5 Å². The molecule has 6 nitrogen and oxygen atoms in total. The monoisotopic (exact) mass is 374 g/mol. The highest BCUT2D eigenvalue weighted by Gasteiger charge is 2.26. The Morgan fingerprint density at radius 2 is 2.25 bits per heavy atom. The minimum absolute atomic E-state index is 0.123. The molecule has 1 atom stereocenters. The van der Waals surface area contributed by atoms with E-state index in [0.29, 0.717) is 17.9 Å². The third-order valence-electron chi connectivity index (χ3n) is 2.49. The van der Waals surface area contributed by atoms with Gasteiger partial charge in [-0.05, 0) is 0 Å². The van der Waals surface area contributed by atoms with Crippen LogP contribution in [0.25, 0.3) is 0 Å². The smallest absolute Gasteiger partial charge is 0.258 e. The number of thiophene rings is 1. The summed E-state index contributed by atoms with van der Waals surface area (Å²) >= 11 is 9.90. The van der Waals surface area contributed by atoms with Crippen LogP contribution in [0.4, 0.5) is 5.69 Å². The van der Waals surface area contributed by atoms with Crippen molar-refractivity contribution in [1.82, 2.24) is 4.72 Å². The molecular weight excluding hydrogens is 364 g/mol. The third-order valence-corrected chi connectivity index (χ3v) is 8.57. The number of sulfonamides is 1. The number of nitrogens with one attached hydrogen (secondary N) is 1. The third kappa shape index (κ3) is 4.01. The molecule has 1 aliphatic heterocycles. The van der Waals surface area contributed by atoms with E-state index in [4.69, 9.17) is 11.6 Å². The fourth-order valence-electron chi connectivity index (χ4n) is 1.52. The maximum absolute atomic E-state index is 12.1. The maximum atomic E-state index is 12.1. The van der Waals surface area contributed by atoms with Crippen LogP contribution in [0.5, 0.6) is 0 Å². The highest BCUT2D eigenvalue weighted by atomic mass is 35.5. The van der Waals surface area contributed by atoms with Gasteiger partial charge in [0, 0.05) is 35.1 Å². The first-order chi connectivity index (χ1) is 9.40. The first-order valence-electron chi connectivity index (χ1n) is 5.53. The van der Waals surface area contributed by atoms with Crippen molar-refractivity contribution in [2.24, 2.45) is 0 Å². The zero-order valence-electron chi connectivity index (χ0n) is 10.1. The number of rotatable bonds is 5. The molecule has 0 radical (unpaired) electrons. The summed E-state index contributed by atoms with van der Waals surface area (Å²) < 4.78 is 26.4. The Morgan fingerprint density at radius 1 is 1.50 bits per heavy atom. The van der Waals surface area contributed by atoms with Gasteiger partial charge in [0.2, 0.25) is 10.0 Å². The summed E-state index contributed by atoms with van der Waals surface area (Å²) in [7, 11) is -3.74. The van der Waals surface area contributed by atoms with Crippen LogP contribution in [0.1, 0.15) is 0 Å². The Labute approximate surface area is 133 Å². The van der Waals surface area contributed by atoms with Crippen LogP contribution in [-0.4, -0.2) is 42.4 Å². The number of nitro groups is 1. The number of hydrogen-bond acceptors (Lipinski definition) is 7. The molecular formula is C9H11ClN2O4S4. The minimum atomic E-state index is -3.74. The van der Waals surface area contributed by atoms with Crippen LogP contribution in [-0.2, 0) is 10.0 Å². The molecule has 112 valence electrons. The van der Waals surface area contributed by atoms with Crippen LogP contribution in [0.2, 0.25) is 4.34 Å². The molecule has 1 fully saturated rings. The molecule has 0 aliphatic carbocycles. The number of halogens is 1. The van der Waals surface area contributed by atoms with E-state index in [-0.39, 0.29) is 19.5 Å². The normalized spacial score (nSPS) is 19.9. The second kappa shape index (κ2) is 6.84. The molecule has 0 amide bonds. The van der Waals surface area contributed by atoms with Gasteiger partial charge in [0.05, 0.1) is 4.92 Å². The van der Waals surface area contributed by atoms with E-state index in [1.165, 1.54) is 0 Å². The Bertz CT molecular complexity index is 597. The van der Waals surface area contributed by atoms with Crippen molar-refractivity contribution in [3.05, 3.63) is 20.5 Å². The molecule has 20 heavy (non-hydrogen) atoms. The Kier molecular flexibility index (Phi) is 5.60. The van der Waals surface area contributed by atoms with E-state index in [1.807, 2.05) is 0 Å². The second-order valence-corrected chi connectivity index (χ2v) is 10.1. The largest absolute Gasteiger partial charge is 0.300 e. The molecule has 0 spiro atoms. The van der Waals surface area contributed by atoms with Crippen LogP contribution in [0.15, 0.2) is 10.3 Å². The van der Waals surface area contributed by atoms with Gasteiger partial charge >= 0.3 is 0 Å². The van der Waals surface area contributed by atoms with Crippen LogP contribution in [0.3, 0.4) is 0 Å². The average molecular weight is 375 g/mol. The summed E-state index contributed by atoms with van der Waals surface area (Å²) in [6, 6.07) is 0.998. The van der Waals surface area contributed by atoms with Gasteiger partial charge in [0.25, 0.3) is 5.69 Å². The summed E-state index contributed by atoms with van der Waals surface area (Å²) in [5.41, 5.74) is -0.375. The summed E-state index contributed by atoms with van der Waals surface area (Å²) in [4.78, 5) is 9.98. The lowest BCUT2D eigenvalue weighted by Gasteiger charge is -2.20. The lowest BCUT2D eigenvalue weighted by molar-refractivity contribution is -0.384. The van der Waals surface area contributed by atoms with Crippen molar-refractivity contribution in [1.29, 1.82) is 0 Å². The molecule has 1 unspecified atom stereocenters. The van der Waals surface area contributed by atoms with Crippen LogP contribution < -0.4 is 4.72 Å². The van der Waals surface area contributed by atoms with Gasteiger partial charge in [-0.1, -0.05) is 11.6 Å². The van der Waals surface area contributed by atoms with Gasteiger partial charge in [-0.15, -0.1) is 11.3 Å². The van der Waals surface area contributed by atoms with Crippen molar-refractivity contribution in [3.8, 4) is 0 Å². The number of thioether (sulfide) groups is 2. The molecule has 0 bridgehead atoms. The molecule has 0 aromatic carbocycles. The molecule has 0 saturated carbocycles. The SMILES string of the molecule is O=[N+]([O-])c1cc(S(=O)(=O)NCC2CSCCS2)sc1Cl. The number of nitrogens with zero attached hydrogens (tertiary/aromatic N) is 1. The van der Waals surface area contributed by atoms with E-state index in [0.717, 1.165) is 23.3 Å². The predicted octanol–water partition coefficient (Wildman–Crippen LogP) is 2.44. The van der Waals surface area contributed by atoms with Gasteiger partial charge in [-0.3, -0.25) is 10.1 Å². The fourth-order valence-corrected chi connectivity index (χ4v) is 7.03. The zero-order valence-corrected chi connectivity index (χ0v) is 14.1. The first kappa shape index (κ1) is 16.4. The molecule has 11 heteroatoms. The van der Waals surface area contributed by atoms with Gasteiger partial charge < -0.3 is 0 Å². The molecule has 1 aliphatic rings. The van der Waals surface area contributed by atoms with Crippen molar-refractivity contribution in [2.45, 2.75) is 9.46 Å². The lowest BCUT2D eigenvalue weighted by Crippen LogP contribution is -2.33. The fraction of sp³-hybridized carbons (Fsp3) is 0.556. The summed E-state index contributed by atoms with van der Waals surface area (Å²) in [5.74, 6) is 2.99. The van der Waals surface area contributed by atoms with Gasteiger partial charge in [0.1, 0.15) is 4.21 Å². The van der Waals surface area contributed by atoms with Crippen molar-refractivity contribution in [3.63, 3.8) is 0 Å². The Morgan fingerprint density at radius 3 is 2.80 bits per heavy atom. The minimum Gasteiger partial charge on any atom is -0.258 e. The quantitative estimate of drug-likeness (QED) is 0.628. The molecule has 1 aromatic heterocycles. The van der Waals surface area contributed by atoms with Gasteiger partial charge in [0.15, 0.2) is 4.34 Å². The predicted molar refractivity (Wildman–Crippen MR) is 84.7 cm³/mol. The molecule has 1 aromatic rings. The van der Waals surface area contributed by atoms with Gasteiger partial charge in [-0.2, -0.15) is 23.5 Å². The molecule has 1 saturated heterocycles. The topological polar surface area (TPSA) is 89.3 Å². The number of hydrogen-bond donors (Lipinski definition) is 1. The summed E-state index contributed by atoms with van der Waals surface area (Å²) in [5, 5.41) is 10.9. The van der Waals surface area contributed by atoms with Crippen molar-refractivity contribution in [2.75, 3.05) is 23.8 Å². The summed E-state index contributed by atoms with van der Waals surface area (Å²) in [6.45, 7) is 0.323. The highest BCUT2D eigenvalue weighted by Crippen LogP contribution is 2.36. The molecule has 2 rings (SSSR count). The van der Waals surface area contributed by atoms with Crippen LogP contribution in [0, 0.1) is 10.1 Å². The van der Waals surface area contributed by atoms with Gasteiger partial charge in [-0.25, -0.2) is 13.1 Å². The van der Waals surface area contributed by atoms with Crippen LogP contribution >= 0.6 is 46.5 Å². The van der Waals surface area contributed by atoms with E-state index < -0.39 is 14.9 Å². The second-order valence-electron chi connectivity index (χ2n) is 3.90. The van der Waals surface area contributed by atoms with E-state index in [2.05, 4.69) is 4.72 Å². The first-order valence-corrected chi connectivity index (χ1v) is 10.4. The Balaban J connectivity index is 2.06. The van der Waals surface area contributed by atoms with E-state index >= 15 is 0 Å². The molecule has 2 heterocycles. The maximum Gasteiger partial charge on any atom is 0.300 e. The highest BCUT2D eigenvalue weighted by molar-refractivity contribution is 8.06. The van der Waals surface area contributed by atoms with Crippen molar-refractivity contribution >= 4 is 62.2 Å². The average Bonchev–Trinajstić information content (AvgIpc) is 2.81. The molecule has 1 N–H and O–H groups in total.